The minimum Gasteiger partial charge on any atom is -0.374 e. The summed E-state index contributed by atoms with van der Waals surface area (Å²) in [6.07, 6.45) is 2.45. The zero-order valence-corrected chi connectivity index (χ0v) is 12.4. The first-order valence-electron chi connectivity index (χ1n) is 7.09. The number of carbonyl (C=O) groups is 1. The third kappa shape index (κ3) is 5.31. The van der Waals surface area contributed by atoms with Gasteiger partial charge in [-0.05, 0) is 38.0 Å². The second-order valence-corrected chi connectivity index (χ2v) is 5.10. The molecule has 0 aliphatic carbocycles. The number of amides is 1. The average Bonchev–Trinajstić information content (AvgIpc) is 2.41. The molecule has 2 unspecified atom stereocenters. The Hall–Kier alpha value is -2.02. The maximum absolute atomic E-state index is 12.0. The maximum Gasteiger partial charge on any atom is 0.242 e. The van der Waals surface area contributed by atoms with Crippen LogP contribution in [0.4, 0.5) is 5.69 Å². The lowest BCUT2D eigenvalue weighted by atomic mass is 10.1. The first kappa shape index (κ1) is 16.0. The molecule has 1 rings (SSSR count). The first-order chi connectivity index (χ1) is 9.56. The van der Waals surface area contributed by atoms with Crippen LogP contribution < -0.4 is 10.6 Å². The van der Waals surface area contributed by atoms with Crippen LogP contribution >= 0.6 is 0 Å². The molecule has 0 aliphatic rings. The van der Waals surface area contributed by atoms with Crippen molar-refractivity contribution in [3.8, 4) is 6.07 Å². The predicted octanol–water partition coefficient (Wildman–Crippen LogP) is 2.86. The number of anilines is 1. The molecule has 20 heavy (non-hydrogen) atoms. The van der Waals surface area contributed by atoms with Gasteiger partial charge in [-0.1, -0.05) is 25.5 Å². The molecule has 2 N–H and O–H groups in total. The predicted molar refractivity (Wildman–Crippen MR) is 81.4 cm³/mol. The number of rotatable bonds is 7. The summed E-state index contributed by atoms with van der Waals surface area (Å²) in [7, 11) is 0. The number of nitriles is 1. The van der Waals surface area contributed by atoms with Crippen LogP contribution in [0, 0.1) is 11.3 Å². The number of benzene rings is 1. The van der Waals surface area contributed by atoms with Crippen LogP contribution in [-0.4, -0.2) is 18.0 Å². The average molecular weight is 273 g/mol. The Morgan fingerprint density at radius 1 is 1.30 bits per heavy atom. The smallest absolute Gasteiger partial charge is 0.242 e. The summed E-state index contributed by atoms with van der Waals surface area (Å²) in [4.78, 5) is 12.0. The number of nitrogens with one attached hydrogen (secondary N) is 2. The van der Waals surface area contributed by atoms with E-state index in [9.17, 15) is 4.79 Å². The van der Waals surface area contributed by atoms with Crippen molar-refractivity contribution in [1.82, 2.24) is 5.32 Å². The summed E-state index contributed by atoms with van der Waals surface area (Å²) in [6, 6.07) is 9.62. The van der Waals surface area contributed by atoms with E-state index in [1.807, 2.05) is 38.1 Å². The molecule has 0 saturated carbocycles. The van der Waals surface area contributed by atoms with E-state index in [2.05, 4.69) is 23.6 Å². The molecule has 0 spiro atoms. The molecular weight excluding hydrogens is 250 g/mol. The highest BCUT2D eigenvalue weighted by atomic mass is 16.2. The van der Waals surface area contributed by atoms with E-state index < -0.39 is 0 Å². The minimum absolute atomic E-state index is 0.00653. The Morgan fingerprint density at radius 2 is 1.95 bits per heavy atom. The Labute approximate surface area is 121 Å². The van der Waals surface area contributed by atoms with Crippen molar-refractivity contribution in [2.45, 2.75) is 52.1 Å². The van der Waals surface area contributed by atoms with Gasteiger partial charge in [0.15, 0.2) is 0 Å². The van der Waals surface area contributed by atoms with Gasteiger partial charge >= 0.3 is 0 Å². The summed E-state index contributed by atoms with van der Waals surface area (Å²) in [5.41, 5.74) is 1.87. The largest absolute Gasteiger partial charge is 0.374 e. The molecule has 1 aromatic carbocycles. The van der Waals surface area contributed by atoms with E-state index in [0.29, 0.717) is 6.42 Å². The number of nitrogens with zero attached hydrogens (tertiary/aromatic N) is 1. The Morgan fingerprint density at radius 3 is 2.50 bits per heavy atom. The lowest BCUT2D eigenvalue weighted by molar-refractivity contribution is -0.122. The molecule has 1 amide bonds. The Kier molecular flexibility index (Phi) is 6.58. The quantitative estimate of drug-likeness (QED) is 0.803. The van der Waals surface area contributed by atoms with E-state index in [1.165, 1.54) is 0 Å². The molecule has 0 heterocycles. The van der Waals surface area contributed by atoms with Gasteiger partial charge in [0, 0.05) is 11.7 Å². The van der Waals surface area contributed by atoms with E-state index >= 15 is 0 Å². The van der Waals surface area contributed by atoms with Gasteiger partial charge in [-0.2, -0.15) is 5.26 Å². The molecule has 0 fully saturated rings. The second-order valence-electron chi connectivity index (χ2n) is 5.10. The summed E-state index contributed by atoms with van der Waals surface area (Å²) in [6.45, 7) is 5.97. The van der Waals surface area contributed by atoms with E-state index in [0.717, 1.165) is 24.1 Å². The fourth-order valence-corrected chi connectivity index (χ4v) is 2.00. The molecule has 0 radical (unpaired) electrons. The van der Waals surface area contributed by atoms with Gasteiger partial charge in [0.25, 0.3) is 0 Å². The van der Waals surface area contributed by atoms with Crippen LogP contribution in [0.25, 0.3) is 0 Å². The van der Waals surface area contributed by atoms with Gasteiger partial charge in [-0.15, -0.1) is 0 Å². The van der Waals surface area contributed by atoms with Crippen molar-refractivity contribution < 1.29 is 4.79 Å². The molecule has 108 valence electrons. The van der Waals surface area contributed by atoms with Crippen LogP contribution in [0.3, 0.4) is 0 Å². The third-order valence-electron chi connectivity index (χ3n) is 3.12. The van der Waals surface area contributed by atoms with Crippen LogP contribution in [-0.2, 0) is 11.2 Å². The second kappa shape index (κ2) is 8.21. The lowest BCUT2D eigenvalue weighted by Gasteiger charge is -2.19. The standard InChI is InChI=1S/C16H23N3O/c1-4-5-12(2)18-16(20)13(3)19-15-8-6-14(7-9-15)10-11-17/h6-9,12-13,19H,4-5,10H2,1-3H3,(H,18,20). The fourth-order valence-electron chi connectivity index (χ4n) is 2.00. The van der Waals surface area contributed by atoms with Crippen LogP contribution in [0.5, 0.6) is 0 Å². The number of hydrogen-bond donors (Lipinski definition) is 2. The summed E-state index contributed by atoms with van der Waals surface area (Å²) < 4.78 is 0. The Bertz CT molecular complexity index is 462. The molecule has 0 aromatic heterocycles. The summed E-state index contributed by atoms with van der Waals surface area (Å²) in [5, 5.41) is 14.8. The van der Waals surface area contributed by atoms with E-state index in [4.69, 9.17) is 5.26 Å². The highest BCUT2D eigenvalue weighted by Gasteiger charge is 2.14. The van der Waals surface area contributed by atoms with Crippen LogP contribution in [0.2, 0.25) is 0 Å². The lowest BCUT2D eigenvalue weighted by Crippen LogP contribution is -2.42. The molecular formula is C16H23N3O. The topological polar surface area (TPSA) is 64.9 Å². The van der Waals surface area contributed by atoms with Crippen molar-refractivity contribution in [2.75, 3.05) is 5.32 Å². The Balaban J connectivity index is 2.50. The zero-order valence-electron chi connectivity index (χ0n) is 12.4. The normalized spacial score (nSPS) is 13.1. The van der Waals surface area contributed by atoms with Crippen molar-refractivity contribution in [3.05, 3.63) is 29.8 Å². The van der Waals surface area contributed by atoms with Crippen LogP contribution in [0.1, 0.15) is 39.2 Å². The van der Waals surface area contributed by atoms with Gasteiger partial charge in [-0.3, -0.25) is 4.79 Å². The molecule has 4 nitrogen and oxygen atoms in total. The molecule has 0 bridgehead atoms. The van der Waals surface area contributed by atoms with Gasteiger partial charge in [0.2, 0.25) is 5.91 Å². The number of carbonyl (C=O) groups excluding carboxylic acids is 1. The van der Waals surface area contributed by atoms with E-state index in [-0.39, 0.29) is 18.0 Å². The summed E-state index contributed by atoms with van der Waals surface area (Å²) >= 11 is 0. The molecule has 0 saturated heterocycles. The van der Waals surface area contributed by atoms with Crippen LogP contribution in [0.15, 0.2) is 24.3 Å². The summed E-state index contributed by atoms with van der Waals surface area (Å²) in [5.74, 6) is 0.00653. The maximum atomic E-state index is 12.0. The highest BCUT2D eigenvalue weighted by Crippen LogP contribution is 2.11. The van der Waals surface area contributed by atoms with Crippen molar-refractivity contribution in [3.63, 3.8) is 0 Å². The third-order valence-corrected chi connectivity index (χ3v) is 3.12. The molecule has 1 aromatic rings. The zero-order chi connectivity index (χ0) is 15.0. The van der Waals surface area contributed by atoms with Crippen molar-refractivity contribution >= 4 is 11.6 Å². The molecule has 4 heteroatoms. The van der Waals surface area contributed by atoms with Gasteiger partial charge in [-0.25, -0.2) is 0 Å². The highest BCUT2D eigenvalue weighted by molar-refractivity contribution is 5.84. The number of hydrogen-bond acceptors (Lipinski definition) is 3. The molecule has 0 aliphatic heterocycles. The van der Waals surface area contributed by atoms with E-state index in [1.54, 1.807) is 0 Å². The molecule has 2 atom stereocenters. The van der Waals surface area contributed by atoms with Crippen molar-refractivity contribution in [2.24, 2.45) is 0 Å². The van der Waals surface area contributed by atoms with Gasteiger partial charge in [0.1, 0.15) is 6.04 Å². The minimum atomic E-state index is -0.281. The van der Waals surface area contributed by atoms with Crippen molar-refractivity contribution in [1.29, 1.82) is 5.26 Å². The SMILES string of the molecule is CCCC(C)NC(=O)C(C)Nc1ccc(CC#N)cc1. The monoisotopic (exact) mass is 273 g/mol. The fraction of sp³-hybridized carbons (Fsp3) is 0.500. The van der Waals surface area contributed by atoms with Gasteiger partial charge < -0.3 is 10.6 Å². The first-order valence-corrected chi connectivity index (χ1v) is 7.09. The van der Waals surface area contributed by atoms with Gasteiger partial charge in [0.05, 0.1) is 12.5 Å².